The van der Waals surface area contributed by atoms with E-state index in [1.54, 1.807) is 0 Å². The van der Waals surface area contributed by atoms with E-state index in [2.05, 4.69) is 17.9 Å². The number of carbonyl (C=O) groups excluding carboxylic acids is 1. The van der Waals surface area contributed by atoms with E-state index in [9.17, 15) is 4.79 Å². The van der Waals surface area contributed by atoms with Crippen molar-refractivity contribution in [2.75, 3.05) is 44.3 Å². The Kier molecular flexibility index (Phi) is 6.14. The zero-order valence-electron chi connectivity index (χ0n) is 19.0. The summed E-state index contributed by atoms with van der Waals surface area (Å²) >= 11 is 0. The highest BCUT2D eigenvalue weighted by molar-refractivity contribution is 5.71. The molecular formula is C24H36N2O4. The van der Waals surface area contributed by atoms with E-state index in [-0.39, 0.29) is 6.09 Å². The quantitative estimate of drug-likeness (QED) is 0.727. The van der Waals surface area contributed by atoms with Gasteiger partial charge in [0.2, 0.25) is 0 Å². The topological polar surface area (TPSA) is 51.2 Å². The SMILES string of the molecule is Cc1c2c(cc3c1N(CC1CCCCO1)CCO3)CCN(C(=O)OC(C)(C)C)CC2. The fourth-order valence-electron chi connectivity index (χ4n) is 4.84. The fraction of sp³-hybridized carbons (Fsp3) is 0.708. The van der Waals surface area contributed by atoms with Gasteiger partial charge < -0.3 is 24.0 Å². The molecule has 0 radical (unpaired) electrons. The first-order valence-corrected chi connectivity index (χ1v) is 11.4. The minimum atomic E-state index is -0.471. The van der Waals surface area contributed by atoms with Crippen molar-refractivity contribution in [1.29, 1.82) is 0 Å². The van der Waals surface area contributed by atoms with E-state index >= 15 is 0 Å². The third-order valence-corrected chi connectivity index (χ3v) is 6.30. The number of carbonyl (C=O) groups is 1. The fourth-order valence-corrected chi connectivity index (χ4v) is 4.84. The van der Waals surface area contributed by atoms with Crippen molar-refractivity contribution >= 4 is 11.8 Å². The van der Waals surface area contributed by atoms with Crippen LogP contribution < -0.4 is 9.64 Å². The molecule has 30 heavy (non-hydrogen) atoms. The van der Waals surface area contributed by atoms with Crippen LogP contribution in [0, 0.1) is 6.92 Å². The monoisotopic (exact) mass is 416 g/mol. The number of rotatable bonds is 2. The first-order chi connectivity index (χ1) is 14.3. The Hall–Kier alpha value is -1.95. The zero-order chi connectivity index (χ0) is 21.3. The molecule has 1 unspecified atom stereocenters. The minimum Gasteiger partial charge on any atom is -0.490 e. The highest BCUT2D eigenvalue weighted by Gasteiger charge is 2.30. The van der Waals surface area contributed by atoms with Crippen molar-refractivity contribution in [2.24, 2.45) is 0 Å². The molecule has 1 fully saturated rings. The summed E-state index contributed by atoms with van der Waals surface area (Å²) in [5, 5.41) is 0. The highest BCUT2D eigenvalue weighted by Crippen LogP contribution is 2.40. The number of ether oxygens (including phenoxy) is 3. The van der Waals surface area contributed by atoms with Gasteiger partial charge in [-0.1, -0.05) is 0 Å². The summed E-state index contributed by atoms with van der Waals surface area (Å²) < 4.78 is 17.7. The van der Waals surface area contributed by atoms with E-state index in [1.807, 2.05) is 25.7 Å². The van der Waals surface area contributed by atoms with Gasteiger partial charge in [0, 0.05) is 26.2 Å². The van der Waals surface area contributed by atoms with Crippen LogP contribution in [0.15, 0.2) is 6.07 Å². The number of hydrogen-bond acceptors (Lipinski definition) is 5. The van der Waals surface area contributed by atoms with Crippen LogP contribution >= 0.6 is 0 Å². The molecule has 0 spiro atoms. The molecule has 1 aromatic carbocycles. The molecule has 0 N–H and O–H groups in total. The maximum absolute atomic E-state index is 12.6. The molecule has 0 bridgehead atoms. The second kappa shape index (κ2) is 8.66. The van der Waals surface area contributed by atoms with E-state index in [4.69, 9.17) is 14.2 Å². The number of anilines is 1. The minimum absolute atomic E-state index is 0.218. The molecule has 0 saturated carbocycles. The summed E-state index contributed by atoms with van der Waals surface area (Å²) in [5.74, 6) is 0.985. The van der Waals surface area contributed by atoms with Crippen LogP contribution in [-0.2, 0) is 22.3 Å². The summed E-state index contributed by atoms with van der Waals surface area (Å²) in [6.07, 6.45) is 5.35. The lowest BCUT2D eigenvalue weighted by molar-refractivity contribution is 0.0202. The van der Waals surface area contributed by atoms with Gasteiger partial charge in [-0.15, -0.1) is 0 Å². The molecule has 0 aliphatic carbocycles. The van der Waals surface area contributed by atoms with Crippen LogP contribution in [0.25, 0.3) is 0 Å². The number of fused-ring (bicyclic) bond motifs is 2. The van der Waals surface area contributed by atoms with Crippen LogP contribution in [0.2, 0.25) is 0 Å². The third-order valence-electron chi connectivity index (χ3n) is 6.30. The van der Waals surface area contributed by atoms with Crippen LogP contribution in [0.5, 0.6) is 5.75 Å². The largest absolute Gasteiger partial charge is 0.490 e. The first kappa shape index (κ1) is 21.3. The molecule has 1 saturated heterocycles. The standard InChI is InChI=1S/C24H36N2O4/c1-17-20-9-11-25(23(27)30-24(2,3)4)10-8-18(20)15-21-22(17)26(12-14-29-21)16-19-7-5-6-13-28-19/h15,19H,5-14,16H2,1-4H3. The molecule has 3 heterocycles. The van der Waals surface area contributed by atoms with Gasteiger partial charge in [-0.3, -0.25) is 0 Å². The van der Waals surface area contributed by atoms with Crippen LogP contribution in [0.3, 0.4) is 0 Å². The van der Waals surface area contributed by atoms with Gasteiger partial charge in [-0.25, -0.2) is 4.79 Å². The Morgan fingerprint density at radius 1 is 1.17 bits per heavy atom. The van der Waals surface area contributed by atoms with E-state index < -0.39 is 5.60 Å². The second-order valence-electron chi connectivity index (χ2n) is 9.74. The lowest BCUT2D eigenvalue weighted by Gasteiger charge is -2.37. The summed E-state index contributed by atoms with van der Waals surface area (Å²) in [5.41, 5.74) is 4.71. The van der Waals surface area contributed by atoms with Crippen LogP contribution in [0.1, 0.15) is 56.7 Å². The lowest BCUT2D eigenvalue weighted by Crippen LogP contribution is -2.41. The average Bonchev–Trinajstić information content (AvgIpc) is 2.91. The lowest BCUT2D eigenvalue weighted by atomic mass is 9.94. The van der Waals surface area contributed by atoms with Crippen molar-refractivity contribution in [3.63, 3.8) is 0 Å². The smallest absolute Gasteiger partial charge is 0.410 e. The Balaban J connectivity index is 1.54. The van der Waals surface area contributed by atoms with Gasteiger partial charge in [0.1, 0.15) is 18.0 Å². The summed E-state index contributed by atoms with van der Waals surface area (Å²) in [7, 11) is 0. The molecule has 4 rings (SSSR count). The summed E-state index contributed by atoms with van der Waals surface area (Å²) in [6, 6.07) is 2.21. The first-order valence-electron chi connectivity index (χ1n) is 11.4. The van der Waals surface area contributed by atoms with Gasteiger partial charge >= 0.3 is 6.09 Å². The van der Waals surface area contributed by atoms with Crippen molar-refractivity contribution in [3.8, 4) is 5.75 Å². The summed E-state index contributed by atoms with van der Waals surface area (Å²) in [6.45, 7) is 12.7. The van der Waals surface area contributed by atoms with Gasteiger partial charge in [0.15, 0.2) is 0 Å². The number of benzene rings is 1. The van der Waals surface area contributed by atoms with Crippen molar-refractivity contribution in [2.45, 2.75) is 71.5 Å². The highest BCUT2D eigenvalue weighted by atomic mass is 16.6. The molecule has 1 amide bonds. The van der Waals surface area contributed by atoms with E-state index in [1.165, 1.54) is 35.2 Å². The van der Waals surface area contributed by atoms with Gasteiger partial charge in [-0.05, 0) is 82.6 Å². The maximum atomic E-state index is 12.6. The zero-order valence-corrected chi connectivity index (χ0v) is 19.0. The molecule has 0 aromatic heterocycles. The number of nitrogens with zero attached hydrogens (tertiary/aromatic N) is 2. The predicted octanol–water partition coefficient (Wildman–Crippen LogP) is 4.10. The molecule has 6 heteroatoms. The van der Waals surface area contributed by atoms with Crippen molar-refractivity contribution in [3.05, 3.63) is 22.8 Å². The molecule has 1 aromatic rings. The van der Waals surface area contributed by atoms with Gasteiger partial charge in [0.25, 0.3) is 0 Å². The molecule has 3 aliphatic heterocycles. The average molecular weight is 417 g/mol. The van der Waals surface area contributed by atoms with Gasteiger partial charge in [0.05, 0.1) is 18.3 Å². The summed E-state index contributed by atoms with van der Waals surface area (Å²) in [4.78, 5) is 16.9. The van der Waals surface area contributed by atoms with Crippen molar-refractivity contribution in [1.82, 2.24) is 4.90 Å². The van der Waals surface area contributed by atoms with E-state index in [0.717, 1.165) is 44.7 Å². The van der Waals surface area contributed by atoms with Crippen molar-refractivity contribution < 1.29 is 19.0 Å². The maximum Gasteiger partial charge on any atom is 0.410 e. The molecule has 3 aliphatic rings. The predicted molar refractivity (Wildman–Crippen MR) is 118 cm³/mol. The molecular weight excluding hydrogens is 380 g/mol. The normalized spacial score (nSPS) is 21.9. The third kappa shape index (κ3) is 4.69. The number of amides is 1. The Morgan fingerprint density at radius 2 is 1.97 bits per heavy atom. The number of hydrogen-bond donors (Lipinski definition) is 0. The van der Waals surface area contributed by atoms with Gasteiger partial charge in [-0.2, -0.15) is 0 Å². The molecule has 1 atom stereocenters. The Morgan fingerprint density at radius 3 is 2.70 bits per heavy atom. The van der Waals surface area contributed by atoms with Crippen LogP contribution in [0.4, 0.5) is 10.5 Å². The molecule has 166 valence electrons. The Bertz CT molecular complexity index is 780. The Labute approximate surface area is 180 Å². The van der Waals surface area contributed by atoms with Crippen LogP contribution in [-0.4, -0.2) is 62.1 Å². The second-order valence-corrected chi connectivity index (χ2v) is 9.74. The van der Waals surface area contributed by atoms with E-state index in [0.29, 0.717) is 25.8 Å². The molecule has 6 nitrogen and oxygen atoms in total.